The first-order chi connectivity index (χ1) is 10.5. The highest BCUT2D eigenvalue weighted by Crippen LogP contribution is 2.20. The van der Waals surface area contributed by atoms with E-state index in [1.807, 2.05) is 19.1 Å². The molecule has 6 nitrogen and oxygen atoms in total. The van der Waals surface area contributed by atoms with Crippen LogP contribution in [0.25, 0.3) is 0 Å². The molecule has 0 bridgehead atoms. The molecule has 0 fully saturated rings. The van der Waals surface area contributed by atoms with Crippen molar-refractivity contribution in [1.82, 2.24) is 5.32 Å². The molecule has 0 aromatic carbocycles. The standard InChI is InChI=1S/C15H18N2O4S/c1-3-10-4-5-12(21-10)11(7-20-2)17-15(19)13-6-9(8-22-13)14(16)18/h4-6,8,11H,3,7H2,1-2H3,(H2,16,18)(H,17,19). The average molecular weight is 322 g/mol. The molecule has 3 N–H and O–H groups in total. The van der Waals surface area contributed by atoms with Crippen LogP contribution in [-0.4, -0.2) is 25.5 Å². The van der Waals surface area contributed by atoms with Gasteiger partial charge < -0.3 is 20.2 Å². The van der Waals surface area contributed by atoms with E-state index in [0.29, 0.717) is 16.2 Å². The van der Waals surface area contributed by atoms with Gasteiger partial charge >= 0.3 is 0 Å². The SMILES string of the molecule is CCc1ccc(C(COC)NC(=O)c2cc(C(N)=O)cs2)o1. The van der Waals surface area contributed by atoms with Gasteiger partial charge in [0.05, 0.1) is 17.0 Å². The summed E-state index contributed by atoms with van der Waals surface area (Å²) < 4.78 is 10.8. The minimum atomic E-state index is -0.553. The lowest BCUT2D eigenvalue weighted by Gasteiger charge is -2.15. The summed E-state index contributed by atoms with van der Waals surface area (Å²) in [5.74, 6) is 0.632. The second-order valence-electron chi connectivity index (χ2n) is 4.70. The van der Waals surface area contributed by atoms with E-state index >= 15 is 0 Å². The van der Waals surface area contributed by atoms with Crippen molar-refractivity contribution < 1.29 is 18.7 Å². The minimum absolute atomic E-state index is 0.288. The Hall–Kier alpha value is -2.12. The van der Waals surface area contributed by atoms with Crippen molar-refractivity contribution in [3.05, 3.63) is 45.5 Å². The van der Waals surface area contributed by atoms with Crippen molar-refractivity contribution in [2.45, 2.75) is 19.4 Å². The lowest BCUT2D eigenvalue weighted by atomic mass is 10.2. The molecule has 1 atom stereocenters. The third-order valence-corrected chi connectivity index (χ3v) is 4.05. The summed E-state index contributed by atoms with van der Waals surface area (Å²) in [6, 6.07) is 4.79. The van der Waals surface area contributed by atoms with Crippen molar-refractivity contribution >= 4 is 23.2 Å². The third kappa shape index (κ3) is 3.75. The summed E-state index contributed by atoms with van der Waals surface area (Å²) in [5, 5.41) is 4.40. The first-order valence-corrected chi connectivity index (χ1v) is 7.69. The van der Waals surface area contributed by atoms with E-state index in [-0.39, 0.29) is 12.5 Å². The molecule has 2 rings (SSSR count). The number of thiophene rings is 1. The molecule has 118 valence electrons. The topological polar surface area (TPSA) is 94.6 Å². The molecule has 7 heteroatoms. The number of amides is 2. The maximum atomic E-state index is 12.3. The largest absolute Gasteiger partial charge is 0.464 e. The average Bonchev–Trinajstić information content (AvgIpc) is 3.16. The number of ether oxygens (including phenoxy) is 1. The number of nitrogens with one attached hydrogen (secondary N) is 1. The highest BCUT2D eigenvalue weighted by molar-refractivity contribution is 7.12. The summed E-state index contributed by atoms with van der Waals surface area (Å²) in [6.45, 7) is 2.28. The van der Waals surface area contributed by atoms with Crippen LogP contribution in [0.5, 0.6) is 0 Å². The molecule has 22 heavy (non-hydrogen) atoms. The Morgan fingerprint density at radius 2 is 2.23 bits per heavy atom. The number of methoxy groups -OCH3 is 1. The van der Waals surface area contributed by atoms with Crippen molar-refractivity contribution in [3.63, 3.8) is 0 Å². The van der Waals surface area contributed by atoms with Gasteiger partial charge in [-0.15, -0.1) is 11.3 Å². The molecular weight excluding hydrogens is 304 g/mol. The van der Waals surface area contributed by atoms with E-state index in [1.54, 1.807) is 12.5 Å². The van der Waals surface area contributed by atoms with E-state index in [9.17, 15) is 9.59 Å². The molecule has 0 saturated carbocycles. The number of furan rings is 1. The molecule has 2 aromatic heterocycles. The first-order valence-electron chi connectivity index (χ1n) is 6.81. The Morgan fingerprint density at radius 1 is 1.45 bits per heavy atom. The molecule has 2 aromatic rings. The van der Waals surface area contributed by atoms with Gasteiger partial charge in [-0.25, -0.2) is 0 Å². The fourth-order valence-corrected chi connectivity index (χ4v) is 2.75. The number of primary amides is 1. The zero-order valence-electron chi connectivity index (χ0n) is 12.4. The molecule has 2 heterocycles. The Bertz CT molecular complexity index is 662. The van der Waals surface area contributed by atoms with Gasteiger partial charge in [0.2, 0.25) is 5.91 Å². The van der Waals surface area contributed by atoms with Gasteiger partial charge in [0, 0.05) is 18.9 Å². The summed E-state index contributed by atoms with van der Waals surface area (Å²) in [7, 11) is 1.55. The van der Waals surface area contributed by atoms with Crippen LogP contribution in [0.1, 0.15) is 44.5 Å². The predicted octanol–water partition coefficient (Wildman–Crippen LogP) is 2.12. The van der Waals surface area contributed by atoms with E-state index < -0.39 is 11.9 Å². The summed E-state index contributed by atoms with van der Waals surface area (Å²) in [5.41, 5.74) is 5.51. The number of carbonyl (C=O) groups is 2. The van der Waals surface area contributed by atoms with Crippen LogP contribution in [0, 0.1) is 0 Å². The number of rotatable bonds is 7. The maximum absolute atomic E-state index is 12.3. The zero-order valence-corrected chi connectivity index (χ0v) is 13.2. The minimum Gasteiger partial charge on any atom is -0.464 e. The lowest BCUT2D eigenvalue weighted by Crippen LogP contribution is -2.30. The monoisotopic (exact) mass is 322 g/mol. The number of hydrogen-bond acceptors (Lipinski definition) is 5. The van der Waals surface area contributed by atoms with E-state index in [2.05, 4.69) is 5.32 Å². The highest BCUT2D eigenvalue weighted by atomic mass is 32.1. The van der Waals surface area contributed by atoms with Gasteiger partial charge in [0.15, 0.2) is 0 Å². The third-order valence-electron chi connectivity index (χ3n) is 3.12. The van der Waals surface area contributed by atoms with Gasteiger partial charge in [-0.3, -0.25) is 9.59 Å². The quantitative estimate of drug-likeness (QED) is 0.816. The van der Waals surface area contributed by atoms with Crippen LogP contribution in [0.3, 0.4) is 0 Å². The van der Waals surface area contributed by atoms with E-state index in [1.165, 1.54) is 17.4 Å². The van der Waals surface area contributed by atoms with Crippen LogP contribution in [0.4, 0.5) is 0 Å². The second kappa shape index (κ2) is 7.24. The zero-order chi connectivity index (χ0) is 16.1. The molecule has 0 spiro atoms. The first kappa shape index (κ1) is 16.3. The molecule has 1 unspecified atom stereocenters. The molecule has 2 amide bonds. The van der Waals surface area contributed by atoms with E-state index in [0.717, 1.165) is 12.2 Å². The van der Waals surface area contributed by atoms with Gasteiger partial charge in [-0.2, -0.15) is 0 Å². The Labute approximate surface area is 132 Å². The molecule has 0 aliphatic heterocycles. The van der Waals surface area contributed by atoms with Gasteiger partial charge in [-0.05, 0) is 18.2 Å². The van der Waals surface area contributed by atoms with Gasteiger partial charge in [0.1, 0.15) is 17.6 Å². The number of carbonyl (C=O) groups excluding carboxylic acids is 2. The Kier molecular flexibility index (Phi) is 5.35. The predicted molar refractivity (Wildman–Crippen MR) is 83.0 cm³/mol. The number of nitrogens with two attached hydrogens (primary N) is 1. The summed E-state index contributed by atoms with van der Waals surface area (Å²) >= 11 is 1.17. The molecule has 0 saturated heterocycles. The molecular formula is C15H18N2O4S. The number of hydrogen-bond donors (Lipinski definition) is 2. The van der Waals surface area contributed by atoms with Crippen molar-refractivity contribution in [3.8, 4) is 0 Å². The van der Waals surface area contributed by atoms with Crippen LogP contribution >= 0.6 is 11.3 Å². The maximum Gasteiger partial charge on any atom is 0.262 e. The summed E-state index contributed by atoms with van der Waals surface area (Å²) in [4.78, 5) is 23.8. The van der Waals surface area contributed by atoms with Crippen LogP contribution in [0.2, 0.25) is 0 Å². The van der Waals surface area contributed by atoms with Crippen LogP contribution in [0.15, 0.2) is 28.0 Å². The smallest absolute Gasteiger partial charge is 0.262 e. The Balaban J connectivity index is 2.12. The second-order valence-corrected chi connectivity index (χ2v) is 5.61. The molecule has 0 radical (unpaired) electrons. The fourth-order valence-electron chi connectivity index (χ4n) is 1.95. The molecule has 0 aliphatic rings. The van der Waals surface area contributed by atoms with E-state index in [4.69, 9.17) is 14.9 Å². The molecule has 0 aliphatic carbocycles. The fraction of sp³-hybridized carbons (Fsp3) is 0.333. The van der Waals surface area contributed by atoms with Crippen molar-refractivity contribution in [2.24, 2.45) is 5.73 Å². The normalized spacial score (nSPS) is 12.1. The van der Waals surface area contributed by atoms with Crippen LogP contribution in [-0.2, 0) is 11.2 Å². The van der Waals surface area contributed by atoms with Crippen molar-refractivity contribution in [2.75, 3.05) is 13.7 Å². The lowest BCUT2D eigenvalue weighted by molar-refractivity contribution is 0.0886. The van der Waals surface area contributed by atoms with Crippen molar-refractivity contribution in [1.29, 1.82) is 0 Å². The number of aryl methyl sites for hydroxylation is 1. The summed E-state index contributed by atoms with van der Waals surface area (Å²) in [6.07, 6.45) is 0.778. The Morgan fingerprint density at radius 3 is 2.77 bits per heavy atom. The van der Waals surface area contributed by atoms with Gasteiger partial charge in [-0.1, -0.05) is 6.92 Å². The van der Waals surface area contributed by atoms with Crippen LogP contribution < -0.4 is 11.1 Å². The highest BCUT2D eigenvalue weighted by Gasteiger charge is 2.20. The van der Waals surface area contributed by atoms with Gasteiger partial charge in [0.25, 0.3) is 5.91 Å².